The summed E-state index contributed by atoms with van der Waals surface area (Å²) in [4.78, 5) is 23.9. The van der Waals surface area contributed by atoms with Crippen LogP contribution in [-0.4, -0.2) is 37.4 Å². The van der Waals surface area contributed by atoms with Gasteiger partial charge in [-0.25, -0.2) is 9.59 Å². The number of rotatable bonds is 10. The highest BCUT2D eigenvalue weighted by molar-refractivity contribution is 6.02. The molecular weight excluding hydrogens is 496 g/mol. The minimum atomic E-state index is -0.712. The zero-order valence-electron chi connectivity index (χ0n) is 23.2. The second-order valence-electron chi connectivity index (χ2n) is 9.31. The normalized spacial score (nSPS) is 12.6. The van der Waals surface area contributed by atoms with Gasteiger partial charge in [0, 0.05) is 16.5 Å². The summed E-state index contributed by atoms with van der Waals surface area (Å²) in [7, 11) is 0. The molecule has 0 amide bonds. The molecule has 7 nitrogen and oxygen atoms in total. The van der Waals surface area contributed by atoms with E-state index in [1.807, 2.05) is 48.5 Å². The van der Waals surface area contributed by atoms with Crippen molar-refractivity contribution in [3.63, 3.8) is 0 Å². The molecule has 0 radical (unpaired) electrons. The molecule has 1 heterocycles. The summed E-state index contributed by atoms with van der Waals surface area (Å²) in [5.41, 5.74) is 5.85. The smallest absolute Gasteiger partial charge is 0.347 e. The quantitative estimate of drug-likeness (QED) is 0.203. The Morgan fingerprint density at radius 1 is 0.718 bits per heavy atom. The van der Waals surface area contributed by atoms with E-state index in [1.165, 1.54) is 0 Å². The van der Waals surface area contributed by atoms with Crippen LogP contribution in [0.25, 0.3) is 33.4 Å². The number of fused-ring (bicyclic) bond motifs is 1. The van der Waals surface area contributed by atoms with Crippen molar-refractivity contribution in [1.82, 2.24) is 0 Å². The third kappa shape index (κ3) is 6.25. The van der Waals surface area contributed by atoms with E-state index in [-0.39, 0.29) is 0 Å². The van der Waals surface area contributed by atoms with E-state index in [9.17, 15) is 9.59 Å². The Kier molecular flexibility index (Phi) is 8.59. The molecule has 1 aromatic heterocycles. The molecule has 0 aliphatic rings. The van der Waals surface area contributed by atoms with E-state index < -0.39 is 24.1 Å². The number of esters is 2. The number of benzene rings is 3. The second kappa shape index (κ2) is 12.1. The van der Waals surface area contributed by atoms with Crippen LogP contribution in [0.5, 0.6) is 11.5 Å². The monoisotopic (exact) mass is 530 g/mol. The first-order valence-electron chi connectivity index (χ1n) is 13.1. The topological polar surface area (TPSA) is 84.2 Å². The molecule has 2 atom stereocenters. The highest BCUT2D eigenvalue weighted by Crippen LogP contribution is 2.42. The molecule has 0 fully saturated rings. The molecule has 0 N–H and O–H groups in total. The van der Waals surface area contributed by atoms with Gasteiger partial charge in [0.2, 0.25) is 0 Å². The lowest BCUT2D eigenvalue weighted by Gasteiger charge is -2.14. The van der Waals surface area contributed by atoms with Crippen molar-refractivity contribution < 1.29 is 33.0 Å². The van der Waals surface area contributed by atoms with Gasteiger partial charge in [-0.2, -0.15) is 0 Å². The molecule has 4 rings (SSSR count). The maximum absolute atomic E-state index is 12.0. The number of carbonyl (C=O) groups excluding carboxylic acids is 2. The van der Waals surface area contributed by atoms with Crippen molar-refractivity contribution in [2.45, 2.75) is 53.8 Å². The van der Waals surface area contributed by atoms with Gasteiger partial charge in [-0.05, 0) is 107 Å². The number of ether oxygens (including phenoxy) is 4. The predicted octanol–water partition coefficient (Wildman–Crippen LogP) is 7.04. The van der Waals surface area contributed by atoms with Crippen LogP contribution in [0.2, 0.25) is 0 Å². The van der Waals surface area contributed by atoms with Gasteiger partial charge in [-0.15, -0.1) is 0 Å². The Balaban J connectivity index is 1.68. The Hall–Kier alpha value is -4.26. The molecule has 204 valence electrons. The van der Waals surface area contributed by atoms with Crippen LogP contribution in [0.1, 0.15) is 38.8 Å². The predicted molar refractivity (Wildman–Crippen MR) is 150 cm³/mol. The molecule has 0 saturated heterocycles. The van der Waals surface area contributed by atoms with Crippen molar-refractivity contribution in [1.29, 1.82) is 0 Å². The maximum atomic E-state index is 12.0. The number of furan rings is 1. The SMILES string of the molecule is CCOC(=O)C(C)Oc1ccc(-c2oc3cc(C)c(C)cc3c2-c2ccc(OC(C)C(=O)OCC)cc2)cc1. The lowest BCUT2D eigenvalue weighted by Crippen LogP contribution is -2.26. The summed E-state index contributed by atoms with van der Waals surface area (Å²) in [6.45, 7) is 11.6. The number of hydrogen-bond donors (Lipinski definition) is 0. The molecule has 0 saturated carbocycles. The summed E-state index contributed by atoms with van der Waals surface area (Å²) < 4.78 is 28.0. The van der Waals surface area contributed by atoms with E-state index >= 15 is 0 Å². The van der Waals surface area contributed by atoms with E-state index in [0.29, 0.717) is 30.5 Å². The summed E-state index contributed by atoms with van der Waals surface area (Å²) in [6.07, 6.45) is -1.42. The summed E-state index contributed by atoms with van der Waals surface area (Å²) >= 11 is 0. The van der Waals surface area contributed by atoms with Gasteiger partial charge < -0.3 is 23.4 Å². The third-order valence-electron chi connectivity index (χ3n) is 6.43. The van der Waals surface area contributed by atoms with Crippen LogP contribution in [0, 0.1) is 13.8 Å². The van der Waals surface area contributed by atoms with Gasteiger partial charge in [0.25, 0.3) is 0 Å². The van der Waals surface area contributed by atoms with Crippen LogP contribution < -0.4 is 9.47 Å². The molecule has 2 unspecified atom stereocenters. The van der Waals surface area contributed by atoms with Crippen molar-refractivity contribution in [2.24, 2.45) is 0 Å². The van der Waals surface area contributed by atoms with Gasteiger partial charge >= 0.3 is 11.9 Å². The summed E-state index contributed by atoms with van der Waals surface area (Å²) in [5.74, 6) is 1.03. The zero-order chi connectivity index (χ0) is 28.1. The van der Waals surface area contributed by atoms with E-state index in [1.54, 1.807) is 27.7 Å². The van der Waals surface area contributed by atoms with Crippen LogP contribution in [-0.2, 0) is 19.1 Å². The molecule has 0 spiro atoms. The highest BCUT2D eigenvalue weighted by atomic mass is 16.6. The van der Waals surface area contributed by atoms with Crippen LogP contribution >= 0.6 is 0 Å². The van der Waals surface area contributed by atoms with Gasteiger partial charge in [-0.1, -0.05) is 12.1 Å². The molecule has 3 aromatic carbocycles. The Labute approximate surface area is 228 Å². The van der Waals surface area contributed by atoms with E-state index in [2.05, 4.69) is 26.0 Å². The highest BCUT2D eigenvalue weighted by Gasteiger charge is 2.21. The average Bonchev–Trinajstić information content (AvgIpc) is 3.28. The maximum Gasteiger partial charge on any atom is 0.347 e. The third-order valence-corrected chi connectivity index (χ3v) is 6.43. The first-order chi connectivity index (χ1) is 18.7. The average molecular weight is 531 g/mol. The standard InChI is InChI=1S/C32H34O7/c1-7-35-31(33)21(5)37-25-13-9-23(10-14-25)29-27-17-19(3)20(4)18-28(27)39-30(29)24-11-15-26(16-12-24)38-22(6)32(34)36-8-2/h9-18,21-22H,7-8H2,1-6H3. The van der Waals surface area contributed by atoms with Crippen molar-refractivity contribution in [3.05, 3.63) is 71.8 Å². The number of carbonyl (C=O) groups is 2. The van der Waals surface area contributed by atoms with Gasteiger partial charge in [0.05, 0.1) is 13.2 Å². The molecule has 7 heteroatoms. The molecule has 0 bridgehead atoms. The second-order valence-corrected chi connectivity index (χ2v) is 9.31. The van der Waals surface area contributed by atoms with E-state index in [0.717, 1.165) is 38.8 Å². The van der Waals surface area contributed by atoms with Crippen LogP contribution in [0.3, 0.4) is 0 Å². The van der Waals surface area contributed by atoms with Crippen molar-refractivity contribution in [3.8, 4) is 33.9 Å². The fourth-order valence-electron chi connectivity index (χ4n) is 4.25. The minimum absolute atomic E-state index is 0.302. The summed E-state index contributed by atoms with van der Waals surface area (Å²) in [5, 5.41) is 0.998. The zero-order valence-corrected chi connectivity index (χ0v) is 23.2. The fourth-order valence-corrected chi connectivity index (χ4v) is 4.25. The lowest BCUT2D eigenvalue weighted by molar-refractivity contribution is -0.151. The van der Waals surface area contributed by atoms with Crippen molar-refractivity contribution in [2.75, 3.05) is 13.2 Å². The molecule has 4 aromatic rings. The molecule has 39 heavy (non-hydrogen) atoms. The van der Waals surface area contributed by atoms with Crippen LogP contribution in [0.15, 0.2) is 65.1 Å². The van der Waals surface area contributed by atoms with E-state index in [4.69, 9.17) is 23.4 Å². The Morgan fingerprint density at radius 3 is 1.67 bits per heavy atom. The first-order valence-corrected chi connectivity index (χ1v) is 13.1. The lowest BCUT2D eigenvalue weighted by atomic mass is 9.96. The first kappa shape index (κ1) is 27.8. The fraction of sp³-hybridized carbons (Fsp3) is 0.312. The summed E-state index contributed by atoms with van der Waals surface area (Å²) in [6, 6.07) is 19.2. The Bertz CT molecular complexity index is 1450. The Morgan fingerprint density at radius 2 is 1.18 bits per heavy atom. The molecular formula is C32H34O7. The number of hydrogen-bond acceptors (Lipinski definition) is 7. The molecule has 0 aliphatic carbocycles. The van der Waals surface area contributed by atoms with Gasteiger partial charge in [-0.3, -0.25) is 0 Å². The van der Waals surface area contributed by atoms with Crippen LogP contribution in [0.4, 0.5) is 0 Å². The largest absolute Gasteiger partial charge is 0.479 e. The van der Waals surface area contributed by atoms with Crippen molar-refractivity contribution >= 4 is 22.9 Å². The van der Waals surface area contributed by atoms with Gasteiger partial charge in [0.1, 0.15) is 22.8 Å². The number of aryl methyl sites for hydroxylation is 2. The molecule has 0 aliphatic heterocycles. The minimum Gasteiger partial charge on any atom is -0.479 e. The van der Waals surface area contributed by atoms with Gasteiger partial charge in [0.15, 0.2) is 12.2 Å².